The standard InChI is InChI=1S/C17H26BrO.C5H5.Fe/c18-15-11-7-5-3-1-2-4-6-8-14-17(19)16-12-9-10-13-16;1-2-4-5-3-1;/h9-10,12-13H,1-8,11,14-15H2;1-5H;. The van der Waals surface area contributed by atoms with Gasteiger partial charge in [0.1, 0.15) is 0 Å². The average molecular weight is 447 g/mol. The van der Waals surface area contributed by atoms with Crippen LogP contribution in [0.15, 0.2) is 0 Å². The van der Waals surface area contributed by atoms with Crippen molar-refractivity contribution in [1.29, 1.82) is 0 Å². The zero-order chi connectivity index (χ0) is 16.4. The Morgan fingerprint density at radius 3 is 1.48 bits per heavy atom. The molecule has 0 N–H and O–H groups in total. The van der Waals surface area contributed by atoms with Crippen molar-refractivity contribution in [1.82, 2.24) is 0 Å². The second kappa shape index (κ2) is 1.61. The SMILES string of the molecule is O=C(CCCCCCCCCCCBr)[C]12[CH]3[CH]4[CH]5[CH]1[Fe]45321678[CH]2[CH]1[CH]6[CH]7[CH]28. The van der Waals surface area contributed by atoms with Crippen LogP contribution in [0.5, 0.6) is 0 Å². The molecule has 10 aliphatic rings. The summed E-state index contributed by atoms with van der Waals surface area (Å²) in [4.78, 5) is 25.1. The molecule has 25 heavy (non-hydrogen) atoms. The number of carbonyl (C=O) groups is 1. The first-order valence-corrected chi connectivity index (χ1v) is 18.7. The zero-order valence-corrected chi connectivity index (χ0v) is 17.8. The van der Waals surface area contributed by atoms with Crippen molar-refractivity contribution in [2.24, 2.45) is 0 Å². The molecule has 0 radical (unpaired) electrons. The van der Waals surface area contributed by atoms with Gasteiger partial charge in [0.2, 0.25) is 0 Å². The van der Waals surface area contributed by atoms with Crippen molar-refractivity contribution in [2.45, 2.75) is 112 Å². The number of alkyl halides is 1. The van der Waals surface area contributed by atoms with Crippen molar-refractivity contribution in [3.8, 4) is 0 Å². The van der Waals surface area contributed by atoms with E-state index in [2.05, 4.69) is 15.9 Å². The fraction of sp³-hybridized carbons (Fsp3) is 0.955. The number of carbonyl (C=O) groups excluding carboxylic acids is 1. The van der Waals surface area contributed by atoms with Crippen LogP contribution < -0.4 is 0 Å². The van der Waals surface area contributed by atoms with Gasteiger partial charge in [-0.15, -0.1) is 0 Å². The summed E-state index contributed by atoms with van der Waals surface area (Å²) in [6.07, 6.45) is 13.4. The van der Waals surface area contributed by atoms with Crippen molar-refractivity contribution in [2.75, 3.05) is 5.33 Å². The minimum atomic E-state index is -3.10. The van der Waals surface area contributed by atoms with Crippen molar-refractivity contribution >= 4 is 21.7 Å². The number of hydrogen-bond donors (Lipinski definition) is 0. The summed E-state index contributed by atoms with van der Waals surface area (Å²) in [5, 5.41) is 1.17. The van der Waals surface area contributed by atoms with E-state index in [-0.39, 0.29) is 0 Å². The summed E-state index contributed by atoms with van der Waals surface area (Å²) in [7, 11) is 0. The van der Waals surface area contributed by atoms with Crippen LogP contribution in [-0.4, -0.2) is 11.1 Å². The van der Waals surface area contributed by atoms with Crippen molar-refractivity contribution < 1.29 is 11.3 Å². The molecular formula is C22H31BrFeO. The maximum absolute atomic E-state index is 13.5. The fourth-order valence-electron chi connectivity index (χ4n) is 18.8. The second-order valence-corrected chi connectivity index (χ2v) is 38.1. The molecule has 0 saturated carbocycles. The predicted octanol–water partition coefficient (Wildman–Crippen LogP) is 7.61. The van der Waals surface area contributed by atoms with Gasteiger partial charge in [0.15, 0.2) is 0 Å². The zero-order valence-electron chi connectivity index (χ0n) is 15.1. The Morgan fingerprint density at radius 2 is 1.12 bits per heavy atom. The molecule has 10 fully saturated rings. The summed E-state index contributed by atoms with van der Waals surface area (Å²) >= 11 is 3.51. The van der Waals surface area contributed by atoms with E-state index in [1.54, 1.807) is 0 Å². The van der Waals surface area contributed by atoms with Gasteiger partial charge in [-0.05, 0) is 0 Å². The van der Waals surface area contributed by atoms with Gasteiger partial charge >= 0.3 is 129 Å². The molecule has 3 heteroatoms. The molecule has 140 valence electrons. The van der Waals surface area contributed by atoms with E-state index in [1.807, 2.05) is 0 Å². The number of hydrogen-bond acceptors (Lipinski definition) is 1. The van der Waals surface area contributed by atoms with Gasteiger partial charge < -0.3 is 0 Å². The Bertz CT molecular complexity index is 1030. The first-order chi connectivity index (χ1) is 12.0. The molecule has 0 aromatic carbocycles. The van der Waals surface area contributed by atoms with E-state index >= 15 is 0 Å². The molecule has 10 rings (SSSR count). The van der Waals surface area contributed by atoms with Crippen LogP contribution in [0, 0.1) is 0 Å². The molecule has 0 aromatic heterocycles. The van der Waals surface area contributed by atoms with Crippen LogP contribution in [0.4, 0.5) is 0 Å². The molecule has 4 atom stereocenters. The second-order valence-electron chi connectivity index (χ2n) is 13.7. The molecule has 1 spiro atoms. The van der Waals surface area contributed by atoms with Gasteiger partial charge in [0.25, 0.3) is 0 Å². The third-order valence-corrected chi connectivity index (χ3v) is 60.6. The predicted molar refractivity (Wildman–Crippen MR) is 101 cm³/mol. The fourth-order valence-corrected chi connectivity index (χ4v) is 93.3. The molecule has 0 aliphatic carbocycles. The third-order valence-electron chi connectivity index (χ3n) is 17.6. The van der Waals surface area contributed by atoms with E-state index in [4.69, 9.17) is 0 Å². The summed E-state index contributed by atoms with van der Waals surface area (Å²) < 4.78 is 0.550. The molecule has 10 heterocycles. The van der Waals surface area contributed by atoms with Crippen LogP contribution in [0.25, 0.3) is 0 Å². The Balaban J connectivity index is 0.799. The Labute approximate surface area is 149 Å². The molecule has 10 saturated heterocycles. The molecule has 0 amide bonds. The van der Waals surface area contributed by atoms with Gasteiger partial charge in [-0.3, -0.25) is 0 Å². The van der Waals surface area contributed by atoms with E-state index in [9.17, 15) is 4.79 Å². The molecule has 4 unspecified atom stereocenters. The van der Waals surface area contributed by atoms with Gasteiger partial charge in [-0.2, -0.15) is 0 Å². The van der Waals surface area contributed by atoms with Crippen molar-refractivity contribution in [3.05, 3.63) is 0 Å². The first kappa shape index (κ1) is 13.0. The van der Waals surface area contributed by atoms with Crippen LogP contribution in [0.1, 0.15) is 64.2 Å². The topological polar surface area (TPSA) is 17.1 Å². The number of fused-ring (bicyclic) bond motifs is 10. The number of halogens is 1. The van der Waals surface area contributed by atoms with E-state index in [1.165, 1.54) is 106 Å². The molecule has 10 aliphatic heterocycles. The van der Waals surface area contributed by atoms with E-state index in [0.717, 1.165) is 12.2 Å². The number of Topliss-reactive ketones (excluding diaryl/α,β-unsaturated/α-hetero) is 1. The summed E-state index contributed by atoms with van der Waals surface area (Å²) in [5.41, 5.74) is 0. The molecule has 1 nitrogen and oxygen atoms in total. The molecule has 0 bridgehead atoms. The van der Waals surface area contributed by atoms with Gasteiger partial charge in [-0.1, -0.05) is 15.9 Å². The Hall–Kier alpha value is 0.669. The van der Waals surface area contributed by atoms with Crippen LogP contribution >= 0.6 is 15.9 Å². The van der Waals surface area contributed by atoms with Gasteiger partial charge in [-0.25, -0.2) is 0 Å². The Morgan fingerprint density at radius 1 is 0.680 bits per heavy atom. The average Bonchev–Trinajstić information content (AvgIpc) is 3.55. The molecular weight excluding hydrogens is 416 g/mol. The van der Waals surface area contributed by atoms with Crippen molar-refractivity contribution in [3.63, 3.8) is 0 Å². The van der Waals surface area contributed by atoms with Crippen LogP contribution in [0.3, 0.4) is 0 Å². The minimum absolute atomic E-state index is 0.550. The third kappa shape index (κ3) is 0.236. The van der Waals surface area contributed by atoms with Crippen LogP contribution in [-0.2, 0) is 11.3 Å². The molecule has 0 aromatic rings. The Kier molecular flexibility index (Phi) is 0.837. The quantitative estimate of drug-likeness (QED) is 0.171. The summed E-state index contributed by atoms with van der Waals surface area (Å²) in [6.45, 7) is -3.10. The monoisotopic (exact) mass is 446 g/mol. The number of ketones is 1. The first-order valence-electron chi connectivity index (χ1n) is 11.3. The summed E-state index contributed by atoms with van der Waals surface area (Å²) in [5.74, 6) is 0.897. The number of unbranched alkanes of at least 4 members (excludes halogenated alkanes) is 8. The number of rotatable bonds is 12. The van der Waals surface area contributed by atoms with E-state index < -0.39 is 6.51 Å². The summed E-state index contributed by atoms with van der Waals surface area (Å²) in [6, 6.07) is 0. The maximum atomic E-state index is 13.5. The van der Waals surface area contributed by atoms with Gasteiger partial charge in [0, 0.05) is 5.33 Å². The van der Waals surface area contributed by atoms with Gasteiger partial charge in [0.05, 0.1) is 0 Å². The van der Waals surface area contributed by atoms with E-state index in [0.29, 0.717) is 4.31 Å². The van der Waals surface area contributed by atoms with Crippen LogP contribution in [0.2, 0.25) is 47.7 Å². The normalized spacial score (nSPS) is 84.8.